The van der Waals surface area contributed by atoms with Crippen LogP contribution in [0, 0.1) is 11.8 Å². The lowest BCUT2D eigenvalue weighted by molar-refractivity contribution is -0.145. The minimum atomic E-state index is -1.08. The molecule has 1 fully saturated rings. The van der Waals surface area contributed by atoms with E-state index in [1.807, 2.05) is 31.2 Å². The Balaban J connectivity index is 2.11. The van der Waals surface area contributed by atoms with Crippen molar-refractivity contribution in [1.82, 2.24) is 5.32 Å². The van der Waals surface area contributed by atoms with Gasteiger partial charge < -0.3 is 15.3 Å². The number of benzene rings is 1. The molecular formula is C17H21BrN2O4. The fraction of sp³-hybridized carbons (Fsp3) is 0.471. The van der Waals surface area contributed by atoms with Gasteiger partial charge in [0.05, 0.1) is 5.69 Å². The van der Waals surface area contributed by atoms with Gasteiger partial charge in [-0.25, -0.2) is 4.79 Å². The van der Waals surface area contributed by atoms with E-state index in [1.165, 1.54) is 0 Å². The highest BCUT2D eigenvalue weighted by Gasteiger charge is 2.40. The second kappa shape index (κ2) is 7.79. The number of nitrogens with zero attached hydrogens (tertiary/aromatic N) is 1. The van der Waals surface area contributed by atoms with E-state index in [0.29, 0.717) is 19.4 Å². The first-order valence-corrected chi connectivity index (χ1v) is 8.75. The molecule has 1 aliphatic rings. The minimum Gasteiger partial charge on any atom is -0.480 e. The Bertz CT molecular complexity index is 649. The molecule has 0 aliphatic carbocycles. The second-order valence-corrected chi connectivity index (χ2v) is 6.85. The van der Waals surface area contributed by atoms with Crippen LogP contribution in [0.4, 0.5) is 5.69 Å². The largest absolute Gasteiger partial charge is 0.480 e. The van der Waals surface area contributed by atoms with Gasteiger partial charge in [-0.15, -0.1) is 0 Å². The Labute approximate surface area is 149 Å². The monoisotopic (exact) mass is 396 g/mol. The van der Waals surface area contributed by atoms with E-state index >= 15 is 0 Å². The van der Waals surface area contributed by atoms with Crippen molar-refractivity contribution in [2.24, 2.45) is 11.8 Å². The number of carbonyl (C=O) groups is 3. The number of halogens is 1. The molecule has 1 aliphatic heterocycles. The van der Waals surface area contributed by atoms with Gasteiger partial charge in [-0.05, 0) is 40.4 Å². The average molecular weight is 397 g/mol. The highest BCUT2D eigenvalue weighted by Crippen LogP contribution is 2.31. The number of para-hydroxylation sites is 1. The van der Waals surface area contributed by atoms with E-state index in [0.717, 1.165) is 10.2 Å². The molecule has 3 atom stereocenters. The number of hydrogen-bond donors (Lipinski definition) is 2. The number of nitrogens with one attached hydrogen (secondary N) is 1. The first kappa shape index (κ1) is 18.4. The van der Waals surface area contributed by atoms with Crippen LogP contribution >= 0.6 is 15.9 Å². The summed E-state index contributed by atoms with van der Waals surface area (Å²) < 4.78 is 0.780. The first-order valence-electron chi connectivity index (χ1n) is 7.95. The third kappa shape index (κ3) is 3.77. The Morgan fingerprint density at radius 3 is 2.67 bits per heavy atom. The summed E-state index contributed by atoms with van der Waals surface area (Å²) in [4.78, 5) is 37.9. The Morgan fingerprint density at radius 1 is 1.42 bits per heavy atom. The van der Waals surface area contributed by atoms with Gasteiger partial charge in [0.1, 0.15) is 12.0 Å². The Kier molecular flexibility index (Phi) is 5.99. The van der Waals surface area contributed by atoms with Crippen molar-refractivity contribution < 1.29 is 19.5 Å². The number of hydrogen-bond acceptors (Lipinski definition) is 3. The maximum Gasteiger partial charge on any atom is 0.326 e. The molecule has 2 rings (SSSR count). The molecule has 1 heterocycles. The molecule has 0 bridgehead atoms. The quantitative estimate of drug-likeness (QED) is 0.722. The number of aliphatic carboxylic acids is 1. The number of anilines is 1. The average Bonchev–Trinajstić information content (AvgIpc) is 2.93. The summed E-state index contributed by atoms with van der Waals surface area (Å²) in [7, 11) is 0. The highest BCUT2D eigenvalue weighted by molar-refractivity contribution is 9.10. The molecule has 1 aromatic carbocycles. The maximum absolute atomic E-state index is 12.6. The zero-order valence-corrected chi connectivity index (χ0v) is 15.2. The lowest BCUT2D eigenvalue weighted by Gasteiger charge is -2.22. The Morgan fingerprint density at radius 2 is 2.08 bits per heavy atom. The molecule has 7 heteroatoms. The first-order chi connectivity index (χ1) is 11.4. The van der Waals surface area contributed by atoms with Crippen LogP contribution in [0.25, 0.3) is 0 Å². The van der Waals surface area contributed by atoms with Gasteiger partial charge in [-0.1, -0.05) is 32.4 Å². The normalized spacial score (nSPS) is 19.9. The standard InChI is InChI=1S/C17H21BrN2O4/c1-3-10(2)14(17(23)24)19-15(21)11-8-9-20(16(11)22)13-7-5-4-6-12(13)18/h4-7,10-11,14H,3,8-9H2,1-2H3,(H,19,21)(H,23,24). The van der Waals surface area contributed by atoms with Crippen LogP contribution in [0.3, 0.4) is 0 Å². The number of amides is 2. The molecule has 1 aromatic rings. The summed E-state index contributed by atoms with van der Waals surface area (Å²) in [6, 6.07) is 6.33. The molecule has 6 nitrogen and oxygen atoms in total. The molecule has 3 unspecified atom stereocenters. The van der Waals surface area contributed by atoms with Crippen molar-refractivity contribution in [2.45, 2.75) is 32.7 Å². The van der Waals surface area contributed by atoms with Gasteiger partial charge in [-0.3, -0.25) is 9.59 Å². The maximum atomic E-state index is 12.6. The Hall–Kier alpha value is -1.89. The summed E-state index contributed by atoms with van der Waals surface area (Å²) in [5, 5.41) is 11.8. The molecule has 0 aromatic heterocycles. The van der Waals surface area contributed by atoms with Crippen molar-refractivity contribution in [2.75, 3.05) is 11.4 Å². The number of carboxylic acids is 1. The molecule has 1 saturated heterocycles. The van der Waals surface area contributed by atoms with Crippen molar-refractivity contribution in [3.05, 3.63) is 28.7 Å². The molecule has 2 amide bonds. The van der Waals surface area contributed by atoms with Gasteiger partial charge in [-0.2, -0.15) is 0 Å². The van der Waals surface area contributed by atoms with Crippen molar-refractivity contribution in [3.8, 4) is 0 Å². The van der Waals surface area contributed by atoms with Gasteiger partial charge in [0.25, 0.3) is 0 Å². The van der Waals surface area contributed by atoms with E-state index in [2.05, 4.69) is 21.2 Å². The van der Waals surface area contributed by atoms with Crippen LogP contribution in [0.5, 0.6) is 0 Å². The lowest BCUT2D eigenvalue weighted by atomic mass is 9.98. The van der Waals surface area contributed by atoms with Crippen molar-refractivity contribution >= 4 is 39.4 Å². The van der Waals surface area contributed by atoms with E-state index in [-0.39, 0.29) is 11.8 Å². The van der Waals surface area contributed by atoms with E-state index in [9.17, 15) is 19.5 Å². The second-order valence-electron chi connectivity index (χ2n) is 5.99. The molecule has 130 valence electrons. The fourth-order valence-electron chi connectivity index (χ4n) is 2.77. The van der Waals surface area contributed by atoms with Crippen LogP contribution < -0.4 is 10.2 Å². The predicted octanol–water partition coefficient (Wildman–Crippen LogP) is 2.42. The van der Waals surface area contributed by atoms with Gasteiger partial charge in [0.2, 0.25) is 11.8 Å². The molecule has 2 N–H and O–H groups in total. The number of carbonyl (C=O) groups excluding carboxylic acids is 2. The summed E-state index contributed by atoms with van der Waals surface area (Å²) in [6.07, 6.45) is 0.998. The molecule has 0 spiro atoms. The van der Waals surface area contributed by atoms with Crippen LogP contribution in [0.2, 0.25) is 0 Å². The SMILES string of the molecule is CCC(C)C(NC(=O)C1CCN(c2ccccc2Br)C1=O)C(=O)O. The van der Waals surface area contributed by atoms with Crippen molar-refractivity contribution in [3.63, 3.8) is 0 Å². The molecular weight excluding hydrogens is 376 g/mol. The third-order valence-electron chi connectivity index (χ3n) is 4.44. The van der Waals surface area contributed by atoms with Gasteiger partial charge in [0, 0.05) is 11.0 Å². The van der Waals surface area contributed by atoms with Crippen LogP contribution in [-0.4, -0.2) is 35.5 Å². The minimum absolute atomic E-state index is 0.206. The summed E-state index contributed by atoms with van der Waals surface area (Å²) in [5.41, 5.74) is 0.717. The molecule has 0 radical (unpaired) electrons. The van der Waals surface area contributed by atoms with Crippen molar-refractivity contribution in [1.29, 1.82) is 0 Å². The predicted molar refractivity (Wildman–Crippen MR) is 93.6 cm³/mol. The topological polar surface area (TPSA) is 86.7 Å². The summed E-state index contributed by atoms with van der Waals surface area (Å²) in [5.74, 6) is -2.94. The van der Waals surface area contributed by atoms with Gasteiger partial charge >= 0.3 is 5.97 Å². The summed E-state index contributed by atoms with van der Waals surface area (Å²) in [6.45, 7) is 4.06. The van der Waals surface area contributed by atoms with E-state index < -0.39 is 23.8 Å². The highest BCUT2D eigenvalue weighted by atomic mass is 79.9. The third-order valence-corrected chi connectivity index (χ3v) is 5.11. The van der Waals surface area contributed by atoms with Crippen LogP contribution in [0.15, 0.2) is 28.7 Å². The smallest absolute Gasteiger partial charge is 0.326 e. The van der Waals surface area contributed by atoms with Crippen LogP contribution in [0.1, 0.15) is 26.7 Å². The molecule has 24 heavy (non-hydrogen) atoms. The number of rotatable bonds is 6. The fourth-order valence-corrected chi connectivity index (χ4v) is 3.27. The zero-order valence-electron chi connectivity index (χ0n) is 13.7. The summed E-state index contributed by atoms with van der Waals surface area (Å²) >= 11 is 3.41. The number of carboxylic acid groups (broad SMARTS) is 1. The lowest BCUT2D eigenvalue weighted by Crippen LogP contribution is -2.48. The van der Waals surface area contributed by atoms with Crippen LogP contribution in [-0.2, 0) is 14.4 Å². The van der Waals surface area contributed by atoms with E-state index in [1.54, 1.807) is 11.8 Å². The zero-order chi connectivity index (χ0) is 17.9. The van der Waals surface area contributed by atoms with E-state index in [4.69, 9.17) is 0 Å². The molecule has 0 saturated carbocycles. The van der Waals surface area contributed by atoms with Gasteiger partial charge in [0.15, 0.2) is 0 Å².